The molecule has 1 aromatic rings. The van der Waals surface area contributed by atoms with Crippen LogP contribution in [-0.4, -0.2) is 66.9 Å². The standard InChI is InChI=1S/C37H52O7/c1-20(2)21(3)30-31(44-30)33(5,42)26-12-14-37(43)27-17-28(40)36(18-22-7-9-23(38)10-8-22)19-25(39)29(41)24-11-13-35(27,34(24,36)6)16-15-32(26,37)4/h7-10,17,20-21,24-26,29-31,38-39,41-43H,11-16,18-19H2,1-6H3. The van der Waals surface area contributed by atoms with E-state index in [-0.39, 0.29) is 42.0 Å². The summed E-state index contributed by atoms with van der Waals surface area (Å²) < 4.78 is 6.16. The molecule has 1 aromatic carbocycles. The van der Waals surface area contributed by atoms with Gasteiger partial charge in [0.2, 0.25) is 0 Å². The van der Waals surface area contributed by atoms with Gasteiger partial charge in [-0.05, 0) is 117 Å². The third-order valence-electron chi connectivity index (χ3n) is 15.1. The highest BCUT2D eigenvalue weighted by Gasteiger charge is 2.80. The van der Waals surface area contributed by atoms with E-state index in [1.165, 1.54) is 0 Å². The van der Waals surface area contributed by atoms with Crippen LogP contribution in [0.1, 0.15) is 92.1 Å². The third-order valence-corrected chi connectivity index (χ3v) is 15.1. The maximum absolute atomic E-state index is 14.8. The van der Waals surface area contributed by atoms with Crippen LogP contribution < -0.4 is 0 Å². The molecule has 5 N–H and O–H groups in total. The van der Waals surface area contributed by atoms with Gasteiger partial charge in [-0.15, -0.1) is 0 Å². The van der Waals surface area contributed by atoms with Crippen LogP contribution >= 0.6 is 0 Å². The Hall–Kier alpha value is -1.77. The fourth-order valence-electron chi connectivity index (χ4n) is 12.2. The summed E-state index contributed by atoms with van der Waals surface area (Å²) in [7, 11) is 0. The first-order valence-electron chi connectivity index (χ1n) is 17.0. The summed E-state index contributed by atoms with van der Waals surface area (Å²) in [6.45, 7) is 12.7. The minimum absolute atomic E-state index is 0.00197. The second-order valence-electron chi connectivity index (χ2n) is 16.8. The molecule has 1 saturated heterocycles. The van der Waals surface area contributed by atoms with E-state index < -0.39 is 45.1 Å². The Labute approximate surface area is 261 Å². The Morgan fingerprint density at radius 1 is 1.02 bits per heavy atom. The van der Waals surface area contributed by atoms with Crippen molar-refractivity contribution in [3.8, 4) is 5.75 Å². The zero-order chi connectivity index (χ0) is 31.8. The molecule has 0 aromatic heterocycles. The van der Waals surface area contributed by atoms with Crippen molar-refractivity contribution in [3.63, 3.8) is 0 Å². The van der Waals surface area contributed by atoms with Crippen molar-refractivity contribution in [2.75, 3.05) is 0 Å². The summed E-state index contributed by atoms with van der Waals surface area (Å²) in [6.07, 6.45) is 4.07. The number of phenolic OH excluding ortho intramolecular Hbond substituents is 1. The fraction of sp³-hybridized carbons (Fsp3) is 0.757. The van der Waals surface area contributed by atoms with Crippen LogP contribution in [0.5, 0.6) is 5.75 Å². The lowest BCUT2D eigenvalue weighted by Gasteiger charge is -2.69. The molecule has 5 aliphatic carbocycles. The molecule has 7 nitrogen and oxygen atoms in total. The zero-order valence-corrected chi connectivity index (χ0v) is 27.2. The lowest BCUT2D eigenvalue weighted by atomic mass is 9.35. The smallest absolute Gasteiger partial charge is 0.162 e. The summed E-state index contributed by atoms with van der Waals surface area (Å²) in [5.41, 5.74) is -3.48. The van der Waals surface area contributed by atoms with Gasteiger partial charge in [0, 0.05) is 16.2 Å². The van der Waals surface area contributed by atoms with E-state index in [0.717, 1.165) is 24.0 Å². The number of hydrogen-bond donors (Lipinski definition) is 5. The first-order chi connectivity index (χ1) is 20.5. The SMILES string of the molecule is CC(C)C(C)C1OC1C(C)(O)C1CCC2(O)C3=CC(=O)C4(Cc5ccc(O)cc5)CC(O)C(O)C5CCC3(CCC12C)C54C. The number of aromatic hydroxyl groups is 1. The number of rotatable bonds is 6. The molecule has 0 bridgehead atoms. The molecule has 5 fully saturated rings. The van der Waals surface area contributed by atoms with E-state index in [4.69, 9.17) is 4.74 Å². The molecule has 7 heteroatoms. The molecule has 7 rings (SSSR count). The number of aliphatic hydroxyl groups is 4. The van der Waals surface area contributed by atoms with E-state index in [1.807, 2.05) is 19.1 Å². The van der Waals surface area contributed by atoms with Gasteiger partial charge >= 0.3 is 0 Å². The maximum atomic E-state index is 14.8. The molecule has 13 atom stereocenters. The highest BCUT2D eigenvalue weighted by atomic mass is 16.6. The number of phenols is 1. The summed E-state index contributed by atoms with van der Waals surface area (Å²) in [4.78, 5) is 14.8. The number of benzene rings is 1. The van der Waals surface area contributed by atoms with E-state index in [0.29, 0.717) is 43.9 Å². The highest BCUT2D eigenvalue weighted by molar-refractivity contribution is 5.99. The van der Waals surface area contributed by atoms with Crippen LogP contribution in [0.25, 0.3) is 0 Å². The lowest BCUT2D eigenvalue weighted by molar-refractivity contribution is -0.215. The van der Waals surface area contributed by atoms with Crippen molar-refractivity contribution in [1.82, 2.24) is 0 Å². The number of epoxide rings is 1. The van der Waals surface area contributed by atoms with Crippen LogP contribution in [0.3, 0.4) is 0 Å². The number of carbonyl (C=O) groups excluding carboxylic acids is 1. The molecule has 44 heavy (non-hydrogen) atoms. The van der Waals surface area contributed by atoms with Gasteiger partial charge in [-0.3, -0.25) is 4.79 Å². The van der Waals surface area contributed by atoms with E-state index in [1.54, 1.807) is 18.2 Å². The van der Waals surface area contributed by atoms with Crippen LogP contribution in [-0.2, 0) is 16.0 Å². The molecule has 4 saturated carbocycles. The Balaban J connectivity index is 1.32. The number of carbonyl (C=O) groups is 1. The Bertz CT molecular complexity index is 1380. The summed E-state index contributed by atoms with van der Waals surface area (Å²) in [6, 6.07) is 6.95. The van der Waals surface area contributed by atoms with Crippen LogP contribution in [0.4, 0.5) is 0 Å². The first kappa shape index (κ1) is 30.9. The van der Waals surface area contributed by atoms with Gasteiger partial charge in [0.25, 0.3) is 0 Å². The Morgan fingerprint density at radius 3 is 2.36 bits per heavy atom. The van der Waals surface area contributed by atoms with Gasteiger partial charge in [0.15, 0.2) is 5.78 Å². The minimum atomic E-state index is -1.27. The molecule has 1 aliphatic heterocycles. The highest BCUT2D eigenvalue weighted by Crippen LogP contribution is 2.81. The zero-order valence-electron chi connectivity index (χ0n) is 27.2. The number of ketones is 1. The first-order valence-corrected chi connectivity index (χ1v) is 17.0. The second-order valence-corrected chi connectivity index (χ2v) is 16.8. The molecular formula is C37H52O7. The number of fused-ring (bicyclic) bond motifs is 2. The van der Waals surface area contributed by atoms with Gasteiger partial charge in [0.05, 0.1) is 29.5 Å². The number of allylic oxidation sites excluding steroid dienone is 1. The van der Waals surface area contributed by atoms with Gasteiger partial charge in [-0.1, -0.05) is 46.8 Å². The maximum Gasteiger partial charge on any atom is 0.162 e. The van der Waals surface area contributed by atoms with Crippen LogP contribution in [0.2, 0.25) is 0 Å². The second kappa shape index (κ2) is 9.41. The van der Waals surface area contributed by atoms with E-state index in [9.17, 15) is 30.3 Å². The van der Waals surface area contributed by atoms with E-state index >= 15 is 0 Å². The lowest BCUT2D eigenvalue weighted by Crippen LogP contribution is -2.71. The quantitative estimate of drug-likeness (QED) is 0.296. The average molecular weight is 609 g/mol. The van der Waals surface area contributed by atoms with Crippen molar-refractivity contribution in [2.45, 2.75) is 129 Å². The molecule has 0 radical (unpaired) electrons. The van der Waals surface area contributed by atoms with Gasteiger partial charge < -0.3 is 30.3 Å². The fourth-order valence-corrected chi connectivity index (χ4v) is 12.2. The number of ether oxygens (including phenoxy) is 1. The van der Waals surface area contributed by atoms with E-state index in [2.05, 4.69) is 34.6 Å². The van der Waals surface area contributed by atoms with Gasteiger partial charge in [-0.2, -0.15) is 0 Å². The monoisotopic (exact) mass is 608 g/mol. The molecule has 6 aliphatic rings. The third kappa shape index (κ3) is 3.54. The van der Waals surface area contributed by atoms with Crippen molar-refractivity contribution in [2.24, 2.45) is 45.3 Å². The molecule has 242 valence electrons. The molecule has 0 amide bonds. The number of hydrogen-bond acceptors (Lipinski definition) is 7. The summed E-state index contributed by atoms with van der Waals surface area (Å²) >= 11 is 0. The van der Waals surface area contributed by atoms with Gasteiger partial charge in [-0.25, -0.2) is 0 Å². The Kier molecular flexibility index (Phi) is 6.60. The Morgan fingerprint density at radius 2 is 1.70 bits per heavy atom. The summed E-state index contributed by atoms with van der Waals surface area (Å²) in [5.74, 6) is 0.342. The molecule has 1 spiro atoms. The van der Waals surface area contributed by atoms with Crippen molar-refractivity contribution >= 4 is 5.78 Å². The topological polar surface area (TPSA) is 131 Å². The number of aliphatic hydroxyl groups excluding tert-OH is 2. The summed E-state index contributed by atoms with van der Waals surface area (Å²) in [5, 5.41) is 57.8. The predicted molar refractivity (Wildman–Crippen MR) is 166 cm³/mol. The molecular weight excluding hydrogens is 556 g/mol. The normalized spacial score (nSPS) is 49.5. The van der Waals surface area contributed by atoms with Crippen molar-refractivity contribution < 1.29 is 35.1 Å². The molecule has 13 unspecified atom stereocenters. The van der Waals surface area contributed by atoms with Crippen LogP contribution in [0, 0.1) is 45.3 Å². The van der Waals surface area contributed by atoms with Crippen molar-refractivity contribution in [1.29, 1.82) is 0 Å². The predicted octanol–water partition coefficient (Wildman–Crippen LogP) is 4.71. The van der Waals surface area contributed by atoms with Crippen molar-refractivity contribution in [3.05, 3.63) is 41.5 Å². The largest absolute Gasteiger partial charge is 0.508 e. The molecule has 1 heterocycles. The van der Waals surface area contributed by atoms with Crippen LogP contribution in [0.15, 0.2) is 35.9 Å². The minimum Gasteiger partial charge on any atom is -0.508 e. The average Bonchev–Trinajstić information content (AvgIpc) is 3.64. The van der Waals surface area contributed by atoms with Gasteiger partial charge in [0.1, 0.15) is 11.9 Å².